The number of benzene rings is 2. The Morgan fingerprint density at radius 3 is 2.45 bits per heavy atom. The van der Waals surface area contributed by atoms with Gasteiger partial charge >= 0.3 is 10.1 Å². The van der Waals surface area contributed by atoms with Crippen LogP contribution in [0.1, 0.15) is 0 Å². The molecule has 0 unspecified atom stereocenters. The highest BCUT2D eigenvalue weighted by molar-refractivity contribution is 7.87. The van der Waals surface area contributed by atoms with Gasteiger partial charge in [-0.25, -0.2) is 4.39 Å². The Balaban J connectivity index is 2.41. The van der Waals surface area contributed by atoms with Gasteiger partial charge in [-0.2, -0.15) is 8.42 Å². The average molecular weight is 317 g/mol. The summed E-state index contributed by atoms with van der Waals surface area (Å²) in [6.45, 7) is 0. The molecule has 0 aromatic heterocycles. The lowest BCUT2D eigenvalue weighted by Crippen LogP contribution is -2.11. The molecule has 0 spiro atoms. The van der Waals surface area contributed by atoms with Crippen molar-refractivity contribution in [2.24, 2.45) is 0 Å². The molecule has 20 heavy (non-hydrogen) atoms. The molecule has 2 rings (SSSR count). The third-order valence-electron chi connectivity index (χ3n) is 2.43. The molecule has 0 N–H and O–H groups in total. The zero-order valence-corrected chi connectivity index (χ0v) is 11.9. The Hall–Kier alpha value is -1.79. The van der Waals surface area contributed by atoms with Gasteiger partial charge in [-0.1, -0.05) is 23.7 Å². The second-order valence-electron chi connectivity index (χ2n) is 3.76. The van der Waals surface area contributed by atoms with E-state index in [9.17, 15) is 12.8 Å². The topological polar surface area (TPSA) is 52.6 Å². The maximum Gasteiger partial charge on any atom is 0.342 e. The summed E-state index contributed by atoms with van der Waals surface area (Å²) in [6, 6.07) is 9.15. The number of ether oxygens (including phenoxy) is 1. The van der Waals surface area contributed by atoms with E-state index in [0.717, 1.165) is 18.2 Å². The van der Waals surface area contributed by atoms with E-state index >= 15 is 0 Å². The van der Waals surface area contributed by atoms with Crippen molar-refractivity contribution in [2.45, 2.75) is 4.90 Å². The first kappa shape index (κ1) is 14.6. The fourth-order valence-corrected chi connectivity index (χ4v) is 2.90. The minimum absolute atomic E-state index is 0.136. The van der Waals surface area contributed by atoms with E-state index < -0.39 is 15.9 Å². The number of para-hydroxylation sites is 1. The van der Waals surface area contributed by atoms with Gasteiger partial charge in [0.2, 0.25) is 0 Å². The predicted octanol–water partition coefficient (Wildman–Crippen LogP) is 3.26. The lowest BCUT2D eigenvalue weighted by molar-refractivity contribution is 0.398. The lowest BCUT2D eigenvalue weighted by Gasteiger charge is -2.11. The fraction of sp³-hybridized carbons (Fsp3) is 0.0769. The fourth-order valence-electron chi connectivity index (χ4n) is 1.53. The molecular weight excluding hydrogens is 307 g/mol. The molecule has 0 aliphatic heterocycles. The van der Waals surface area contributed by atoms with Crippen molar-refractivity contribution in [1.82, 2.24) is 0 Å². The van der Waals surface area contributed by atoms with Gasteiger partial charge in [0.05, 0.1) is 12.1 Å². The first-order valence-electron chi connectivity index (χ1n) is 5.46. The maximum atomic E-state index is 12.9. The van der Waals surface area contributed by atoms with Crippen molar-refractivity contribution < 1.29 is 21.7 Å². The van der Waals surface area contributed by atoms with E-state index in [1.165, 1.54) is 25.3 Å². The SMILES string of the molecule is COc1ccccc1S(=O)(=O)Oc1ccc(F)cc1Cl. The summed E-state index contributed by atoms with van der Waals surface area (Å²) in [4.78, 5) is -0.136. The van der Waals surface area contributed by atoms with Crippen LogP contribution in [0.4, 0.5) is 4.39 Å². The molecule has 0 heterocycles. The van der Waals surface area contributed by atoms with Crippen LogP contribution in [0.5, 0.6) is 11.5 Å². The highest BCUT2D eigenvalue weighted by Crippen LogP contribution is 2.30. The molecule has 0 amide bonds. The highest BCUT2D eigenvalue weighted by Gasteiger charge is 2.22. The van der Waals surface area contributed by atoms with Gasteiger partial charge in [0.15, 0.2) is 5.75 Å². The van der Waals surface area contributed by atoms with Crippen LogP contribution in [0.3, 0.4) is 0 Å². The summed E-state index contributed by atoms with van der Waals surface area (Å²) >= 11 is 5.74. The molecule has 0 aliphatic rings. The van der Waals surface area contributed by atoms with Gasteiger partial charge in [0.1, 0.15) is 16.5 Å². The zero-order chi connectivity index (χ0) is 14.8. The first-order chi connectivity index (χ1) is 9.44. The Kier molecular flexibility index (Phi) is 4.15. The summed E-state index contributed by atoms with van der Waals surface area (Å²) in [6.07, 6.45) is 0. The summed E-state index contributed by atoms with van der Waals surface area (Å²) in [7, 11) is -2.78. The molecule has 2 aromatic rings. The van der Waals surface area contributed by atoms with Crippen molar-refractivity contribution in [3.05, 3.63) is 53.3 Å². The maximum absolute atomic E-state index is 12.9. The van der Waals surface area contributed by atoms with Gasteiger partial charge < -0.3 is 8.92 Å². The van der Waals surface area contributed by atoms with Crippen molar-refractivity contribution in [1.29, 1.82) is 0 Å². The molecule has 2 aromatic carbocycles. The van der Waals surface area contributed by atoms with Gasteiger partial charge in [-0.3, -0.25) is 0 Å². The second-order valence-corrected chi connectivity index (χ2v) is 5.69. The average Bonchev–Trinajstić information content (AvgIpc) is 2.42. The summed E-state index contributed by atoms with van der Waals surface area (Å²) in [5.74, 6) is -0.596. The van der Waals surface area contributed by atoms with Crippen LogP contribution in [0.2, 0.25) is 5.02 Å². The standard InChI is InChI=1S/C13H10ClFO4S/c1-18-12-4-2-3-5-13(12)20(16,17)19-11-7-6-9(15)8-10(11)14/h2-8H,1H3. The minimum atomic E-state index is -4.12. The summed E-state index contributed by atoms with van der Waals surface area (Å²) in [5, 5.41) is -0.136. The Labute approximate surface area is 120 Å². The molecular formula is C13H10ClFO4S. The first-order valence-corrected chi connectivity index (χ1v) is 7.25. The molecule has 4 nitrogen and oxygen atoms in total. The number of rotatable bonds is 4. The monoisotopic (exact) mass is 316 g/mol. The summed E-state index contributed by atoms with van der Waals surface area (Å²) in [5.41, 5.74) is 0. The molecule has 7 heteroatoms. The third-order valence-corrected chi connectivity index (χ3v) is 4.00. The van der Waals surface area contributed by atoms with Crippen LogP contribution < -0.4 is 8.92 Å². The van der Waals surface area contributed by atoms with E-state index in [1.807, 2.05) is 0 Å². The van der Waals surface area contributed by atoms with Gasteiger partial charge in [-0.05, 0) is 30.3 Å². The van der Waals surface area contributed by atoms with E-state index in [1.54, 1.807) is 6.07 Å². The van der Waals surface area contributed by atoms with Gasteiger partial charge in [0.25, 0.3) is 0 Å². The predicted molar refractivity (Wildman–Crippen MR) is 72.2 cm³/mol. The Morgan fingerprint density at radius 1 is 1.10 bits per heavy atom. The third kappa shape index (κ3) is 3.02. The van der Waals surface area contributed by atoms with Crippen molar-refractivity contribution in [2.75, 3.05) is 7.11 Å². The van der Waals surface area contributed by atoms with Crippen LogP contribution in [-0.4, -0.2) is 15.5 Å². The van der Waals surface area contributed by atoms with Gasteiger partial charge in [0, 0.05) is 0 Å². The molecule has 0 saturated carbocycles. The van der Waals surface area contributed by atoms with Crippen LogP contribution in [0, 0.1) is 5.82 Å². The molecule has 0 atom stereocenters. The summed E-state index contributed by atoms with van der Waals surface area (Å²) < 4.78 is 47.1. The van der Waals surface area contributed by atoms with Crippen LogP contribution in [-0.2, 0) is 10.1 Å². The minimum Gasteiger partial charge on any atom is -0.495 e. The quantitative estimate of drug-likeness (QED) is 0.812. The zero-order valence-electron chi connectivity index (χ0n) is 10.3. The smallest absolute Gasteiger partial charge is 0.342 e. The van der Waals surface area contributed by atoms with Crippen molar-refractivity contribution >= 4 is 21.7 Å². The van der Waals surface area contributed by atoms with Crippen molar-refractivity contribution in [3.8, 4) is 11.5 Å². The van der Waals surface area contributed by atoms with E-state index in [2.05, 4.69) is 0 Å². The lowest BCUT2D eigenvalue weighted by atomic mass is 10.3. The van der Waals surface area contributed by atoms with Crippen molar-refractivity contribution in [3.63, 3.8) is 0 Å². The number of hydrogen-bond donors (Lipinski definition) is 0. The van der Waals surface area contributed by atoms with Gasteiger partial charge in [-0.15, -0.1) is 0 Å². The largest absolute Gasteiger partial charge is 0.495 e. The second kappa shape index (κ2) is 5.68. The highest BCUT2D eigenvalue weighted by atomic mass is 35.5. The van der Waals surface area contributed by atoms with Crippen LogP contribution in [0.15, 0.2) is 47.4 Å². The Morgan fingerprint density at radius 2 is 1.80 bits per heavy atom. The van der Waals surface area contributed by atoms with Crippen LogP contribution in [0.25, 0.3) is 0 Å². The number of hydrogen-bond acceptors (Lipinski definition) is 4. The molecule has 0 saturated heterocycles. The molecule has 0 bridgehead atoms. The normalized spacial score (nSPS) is 11.2. The van der Waals surface area contributed by atoms with E-state index in [0.29, 0.717) is 0 Å². The van der Waals surface area contributed by atoms with Crippen LogP contribution >= 0.6 is 11.6 Å². The molecule has 0 aliphatic carbocycles. The molecule has 0 fully saturated rings. The van der Waals surface area contributed by atoms with E-state index in [4.69, 9.17) is 20.5 Å². The number of methoxy groups -OCH3 is 1. The number of halogens is 2. The van der Waals surface area contributed by atoms with E-state index in [-0.39, 0.29) is 21.4 Å². The molecule has 0 radical (unpaired) electrons. The Bertz CT molecular complexity index is 731. The molecule has 106 valence electrons.